The predicted molar refractivity (Wildman–Crippen MR) is 105 cm³/mol. The van der Waals surface area contributed by atoms with E-state index < -0.39 is 12.5 Å². The average Bonchev–Trinajstić information content (AvgIpc) is 2.57. The summed E-state index contributed by atoms with van der Waals surface area (Å²) in [5, 5.41) is 11.0. The van der Waals surface area contributed by atoms with Gasteiger partial charge in [0, 0.05) is 21.5 Å². The van der Waals surface area contributed by atoms with Crippen LogP contribution in [0.3, 0.4) is 0 Å². The number of rotatable bonds is 4. The molecule has 0 saturated heterocycles. The molecule has 2 nitrogen and oxygen atoms in total. The Morgan fingerprint density at radius 2 is 2.12 bits per heavy atom. The second-order valence-corrected chi connectivity index (χ2v) is 8.96. The number of phenols is 1. The molecule has 2 aliphatic rings. The fourth-order valence-corrected chi connectivity index (χ4v) is 4.52. The van der Waals surface area contributed by atoms with Crippen LogP contribution in [0.2, 0.25) is 0 Å². The SMILES string of the molecule is [2H]C([2H])([2H])C1=CC2c3c(O)cc(C(C)(C)CCCC)cc3OC(C)(C)C2CC1. The first-order chi connectivity index (χ1) is 12.9. The normalized spacial score (nSPS) is 27.1. The number of benzene rings is 1. The van der Waals surface area contributed by atoms with Crippen molar-refractivity contribution in [2.75, 3.05) is 0 Å². The zero-order valence-corrected chi connectivity index (χ0v) is 16.3. The van der Waals surface area contributed by atoms with Gasteiger partial charge in [-0.15, -0.1) is 0 Å². The van der Waals surface area contributed by atoms with Gasteiger partial charge in [-0.1, -0.05) is 45.3 Å². The molecule has 0 fully saturated rings. The van der Waals surface area contributed by atoms with Crippen molar-refractivity contribution in [3.63, 3.8) is 0 Å². The summed E-state index contributed by atoms with van der Waals surface area (Å²) < 4.78 is 29.9. The molecular formula is C23H34O2. The minimum absolute atomic E-state index is 0.0564. The lowest BCUT2D eigenvalue weighted by atomic mass is 9.67. The number of aromatic hydroxyl groups is 1. The zero-order chi connectivity index (χ0) is 20.9. The van der Waals surface area contributed by atoms with Crippen molar-refractivity contribution in [1.82, 2.24) is 0 Å². The third kappa shape index (κ3) is 3.32. The number of ether oxygens (including phenoxy) is 1. The maximum Gasteiger partial charge on any atom is 0.127 e. The number of phenolic OH excluding ortho intramolecular Hbond substituents is 1. The summed E-state index contributed by atoms with van der Waals surface area (Å²) in [7, 11) is 0. The van der Waals surface area contributed by atoms with Gasteiger partial charge in [0.25, 0.3) is 0 Å². The van der Waals surface area contributed by atoms with E-state index in [1.54, 1.807) is 0 Å². The Kier molecular flexibility index (Phi) is 3.75. The predicted octanol–water partition coefficient (Wildman–Crippen LogP) is 6.47. The van der Waals surface area contributed by atoms with Crippen LogP contribution in [0.25, 0.3) is 0 Å². The van der Waals surface area contributed by atoms with E-state index in [9.17, 15) is 5.11 Å². The first-order valence-corrected chi connectivity index (χ1v) is 9.64. The lowest BCUT2D eigenvalue weighted by Gasteiger charge is -2.46. The molecule has 0 radical (unpaired) electrons. The quantitative estimate of drug-likeness (QED) is 0.634. The Bertz CT molecular complexity index is 775. The molecule has 138 valence electrons. The molecule has 2 unspecified atom stereocenters. The van der Waals surface area contributed by atoms with E-state index >= 15 is 0 Å². The van der Waals surface area contributed by atoms with Gasteiger partial charge in [0.05, 0.1) is 0 Å². The van der Waals surface area contributed by atoms with Gasteiger partial charge in [-0.2, -0.15) is 0 Å². The molecule has 0 bridgehead atoms. The van der Waals surface area contributed by atoms with Crippen molar-refractivity contribution >= 4 is 0 Å². The fraction of sp³-hybridized carbons (Fsp3) is 0.652. The molecule has 25 heavy (non-hydrogen) atoms. The average molecular weight is 346 g/mol. The lowest BCUT2D eigenvalue weighted by Crippen LogP contribution is -2.45. The van der Waals surface area contributed by atoms with Crippen LogP contribution in [0.5, 0.6) is 11.5 Å². The van der Waals surface area contributed by atoms with Crippen LogP contribution in [0.4, 0.5) is 0 Å². The summed E-state index contributed by atoms with van der Waals surface area (Å²) in [5.74, 6) is 0.950. The van der Waals surface area contributed by atoms with Crippen LogP contribution in [0.1, 0.15) is 94.7 Å². The second kappa shape index (κ2) is 6.37. The van der Waals surface area contributed by atoms with Crippen molar-refractivity contribution < 1.29 is 14.0 Å². The summed E-state index contributed by atoms with van der Waals surface area (Å²) in [6, 6.07) is 3.94. The molecule has 1 aliphatic carbocycles. The van der Waals surface area contributed by atoms with Gasteiger partial charge in [-0.25, -0.2) is 0 Å². The van der Waals surface area contributed by atoms with E-state index in [0.717, 1.165) is 36.8 Å². The standard InChI is InChI=1S/C23H34O2/c1-7-8-11-22(3,4)16-13-19(24)21-17-12-15(2)9-10-18(17)23(5,6)25-20(21)14-16/h12-14,17-18,24H,7-11H2,1-6H3/i2D3. The van der Waals surface area contributed by atoms with Crippen LogP contribution in [-0.2, 0) is 5.41 Å². The highest BCUT2D eigenvalue weighted by Gasteiger charge is 2.45. The van der Waals surface area contributed by atoms with Crippen molar-refractivity contribution in [3.8, 4) is 11.5 Å². The van der Waals surface area contributed by atoms with Crippen molar-refractivity contribution in [1.29, 1.82) is 0 Å². The van der Waals surface area contributed by atoms with Gasteiger partial charge in [-0.3, -0.25) is 0 Å². The Labute approximate surface area is 157 Å². The minimum atomic E-state index is -2.08. The number of hydrogen-bond donors (Lipinski definition) is 1. The molecule has 0 saturated carbocycles. The summed E-state index contributed by atoms with van der Waals surface area (Å²) in [6.45, 7) is 8.67. The lowest BCUT2D eigenvalue weighted by molar-refractivity contribution is 0.0106. The molecule has 0 aromatic heterocycles. The summed E-state index contributed by atoms with van der Waals surface area (Å²) in [5.41, 5.74) is 1.86. The maximum absolute atomic E-state index is 11.0. The van der Waals surface area contributed by atoms with Gasteiger partial charge in [0.1, 0.15) is 17.1 Å². The van der Waals surface area contributed by atoms with Gasteiger partial charge >= 0.3 is 0 Å². The molecule has 1 aliphatic heterocycles. The highest BCUT2D eigenvalue weighted by atomic mass is 16.5. The largest absolute Gasteiger partial charge is 0.507 e. The fourth-order valence-electron chi connectivity index (χ4n) is 4.52. The molecule has 2 heteroatoms. The van der Waals surface area contributed by atoms with E-state index in [0.29, 0.717) is 17.7 Å². The summed E-state index contributed by atoms with van der Waals surface area (Å²) >= 11 is 0. The van der Waals surface area contributed by atoms with E-state index in [4.69, 9.17) is 8.85 Å². The maximum atomic E-state index is 11.0. The molecule has 3 rings (SSSR count). The molecule has 1 aromatic carbocycles. The van der Waals surface area contributed by atoms with Crippen molar-refractivity contribution in [3.05, 3.63) is 34.9 Å². The summed E-state index contributed by atoms with van der Waals surface area (Å²) in [6.07, 6.45) is 6.50. The Morgan fingerprint density at radius 1 is 1.36 bits per heavy atom. The molecule has 0 spiro atoms. The van der Waals surface area contributed by atoms with Crippen molar-refractivity contribution in [2.45, 2.75) is 90.5 Å². The second-order valence-electron chi connectivity index (χ2n) is 8.96. The smallest absolute Gasteiger partial charge is 0.127 e. The van der Waals surface area contributed by atoms with Gasteiger partial charge in [0.15, 0.2) is 0 Å². The first-order valence-electron chi connectivity index (χ1n) is 11.1. The van der Waals surface area contributed by atoms with E-state index in [1.807, 2.05) is 12.1 Å². The van der Waals surface area contributed by atoms with Crippen LogP contribution in [-0.4, -0.2) is 10.7 Å². The van der Waals surface area contributed by atoms with E-state index in [1.165, 1.54) is 0 Å². The monoisotopic (exact) mass is 345 g/mol. The molecule has 2 atom stereocenters. The minimum Gasteiger partial charge on any atom is -0.507 e. The van der Waals surface area contributed by atoms with Crippen LogP contribution in [0, 0.1) is 5.92 Å². The topological polar surface area (TPSA) is 29.5 Å². The third-order valence-corrected chi connectivity index (χ3v) is 6.20. The number of unbranched alkanes of at least 4 members (excludes halogenated alkanes) is 1. The molecule has 1 N–H and O–H groups in total. The van der Waals surface area contributed by atoms with Gasteiger partial charge < -0.3 is 9.84 Å². The van der Waals surface area contributed by atoms with Crippen LogP contribution < -0.4 is 4.74 Å². The zero-order valence-electron chi connectivity index (χ0n) is 19.3. The molecular weight excluding hydrogens is 308 g/mol. The van der Waals surface area contributed by atoms with E-state index in [2.05, 4.69) is 40.7 Å². The molecule has 0 amide bonds. The van der Waals surface area contributed by atoms with Crippen LogP contribution >= 0.6 is 0 Å². The summed E-state index contributed by atoms with van der Waals surface area (Å²) in [4.78, 5) is 0. The highest BCUT2D eigenvalue weighted by molar-refractivity contribution is 5.55. The van der Waals surface area contributed by atoms with Gasteiger partial charge in [-0.05, 0) is 63.1 Å². The number of hydrogen-bond acceptors (Lipinski definition) is 2. The first kappa shape index (κ1) is 14.7. The Morgan fingerprint density at radius 3 is 2.80 bits per heavy atom. The Hall–Kier alpha value is -1.44. The van der Waals surface area contributed by atoms with Crippen LogP contribution in [0.15, 0.2) is 23.8 Å². The van der Waals surface area contributed by atoms with Gasteiger partial charge in [0.2, 0.25) is 0 Å². The molecule has 1 heterocycles. The number of allylic oxidation sites excluding steroid dienone is 2. The number of fused-ring (bicyclic) bond motifs is 3. The Balaban J connectivity index is 2.10. The molecule has 1 aromatic rings. The third-order valence-electron chi connectivity index (χ3n) is 6.20. The highest BCUT2D eigenvalue weighted by Crippen LogP contribution is 2.54. The van der Waals surface area contributed by atoms with Crippen molar-refractivity contribution in [2.24, 2.45) is 5.92 Å². The van der Waals surface area contributed by atoms with E-state index in [-0.39, 0.29) is 23.0 Å².